The summed E-state index contributed by atoms with van der Waals surface area (Å²) in [6, 6.07) is 14.3. The predicted molar refractivity (Wildman–Crippen MR) is 114 cm³/mol. The molecule has 1 heterocycles. The second-order valence-corrected chi connectivity index (χ2v) is 7.44. The molecule has 0 saturated carbocycles. The fraction of sp³-hybridized carbons (Fsp3) is 0.381. The minimum absolute atomic E-state index is 0.0805. The average Bonchev–Trinajstić information content (AvgIpc) is 3.23. The molecule has 0 radical (unpaired) electrons. The zero-order valence-electron chi connectivity index (χ0n) is 16.1. The molecule has 0 spiro atoms. The number of guanidine groups is 1. The van der Waals surface area contributed by atoms with Gasteiger partial charge in [0.05, 0.1) is 18.1 Å². The molecule has 0 bridgehead atoms. The van der Waals surface area contributed by atoms with Crippen LogP contribution in [0.3, 0.4) is 0 Å². The van der Waals surface area contributed by atoms with E-state index in [-0.39, 0.29) is 5.69 Å². The first-order valence-electron chi connectivity index (χ1n) is 9.68. The summed E-state index contributed by atoms with van der Waals surface area (Å²) in [5.74, 6) is 1.20. The summed E-state index contributed by atoms with van der Waals surface area (Å²) in [6.45, 7) is 3.53. The van der Waals surface area contributed by atoms with Crippen LogP contribution in [0.5, 0.6) is 0 Å². The Hall–Kier alpha value is -2.64. The normalized spacial score (nSPS) is 16.6. The zero-order chi connectivity index (χ0) is 20.5. The molecule has 1 atom stereocenters. The van der Waals surface area contributed by atoms with Crippen LogP contribution in [0.25, 0.3) is 0 Å². The van der Waals surface area contributed by atoms with Crippen LogP contribution in [0.1, 0.15) is 17.5 Å². The van der Waals surface area contributed by atoms with Crippen LogP contribution >= 0.6 is 11.6 Å². The van der Waals surface area contributed by atoms with Crippen LogP contribution in [-0.2, 0) is 17.7 Å². The number of benzene rings is 2. The van der Waals surface area contributed by atoms with Crippen molar-refractivity contribution in [3.8, 4) is 0 Å². The van der Waals surface area contributed by atoms with Crippen molar-refractivity contribution in [2.75, 3.05) is 26.3 Å². The molecule has 2 aromatic rings. The van der Waals surface area contributed by atoms with Crippen molar-refractivity contribution in [2.24, 2.45) is 10.9 Å². The zero-order valence-corrected chi connectivity index (χ0v) is 16.9. The molecule has 1 unspecified atom stereocenters. The van der Waals surface area contributed by atoms with Crippen molar-refractivity contribution in [2.45, 2.75) is 19.4 Å². The van der Waals surface area contributed by atoms with Gasteiger partial charge >= 0.3 is 0 Å². The number of aliphatic imine (C=N–C) groups is 1. The third-order valence-electron chi connectivity index (χ3n) is 4.74. The van der Waals surface area contributed by atoms with Crippen LogP contribution in [0.15, 0.2) is 53.5 Å². The SMILES string of the molecule is O=[N+]([O-])c1ccc(CN=C(NCCc2cccc(Cl)c2)NCC2CCOC2)cc1. The van der Waals surface area contributed by atoms with Crippen molar-refractivity contribution in [3.63, 3.8) is 0 Å². The average molecular weight is 417 g/mol. The van der Waals surface area contributed by atoms with Crippen molar-refractivity contribution >= 4 is 23.2 Å². The highest BCUT2D eigenvalue weighted by atomic mass is 35.5. The van der Waals surface area contributed by atoms with Gasteiger partial charge in [-0.1, -0.05) is 35.9 Å². The Morgan fingerprint density at radius 2 is 2.03 bits per heavy atom. The number of hydrogen-bond donors (Lipinski definition) is 2. The molecule has 1 aliphatic rings. The smallest absolute Gasteiger partial charge is 0.269 e. The maximum atomic E-state index is 10.8. The number of nitrogens with one attached hydrogen (secondary N) is 2. The Kier molecular flexibility index (Phi) is 7.84. The summed E-state index contributed by atoms with van der Waals surface area (Å²) < 4.78 is 5.43. The quantitative estimate of drug-likeness (QED) is 0.297. The highest BCUT2D eigenvalue weighted by Gasteiger charge is 2.15. The Balaban J connectivity index is 1.57. The Morgan fingerprint density at radius 1 is 1.21 bits per heavy atom. The lowest BCUT2D eigenvalue weighted by atomic mass is 10.1. The van der Waals surface area contributed by atoms with Crippen LogP contribution in [0.4, 0.5) is 5.69 Å². The predicted octanol–water partition coefficient (Wildman–Crippen LogP) is 3.56. The first kappa shape index (κ1) is 21.1. The second-order valence-electron chi connectivity index (χ2n) is 7.01. The monoisotopic (exact) mass is 416 g/mol. The Labute approximate surface area is 175 Å². The van der Waals surface area contributed by atoms with E-state index < -0.39 is 4.92 Å². The molecule has 0 aliphatic carbocycles. The topological polar surface area (TPSA) is 88.8 Å². The fourth-order valence-electron chi connectivity index (χ4n) is 3.07. The van der Waals surface area contributed by atoms with Gasteiger partial charge in [0.15, 0.2) is 5.96 Å². The first-order chi connectivity index (χ1) is 14.1. The van der Waals surface area contributed by atoms with Gasteiger partial charge in [-0.15, -0.1) is 0 Å². The summed E-state index contributed by atoms with van der Waals surface area (Å²) in [4.78, 5) is 15.0. The number of nitrogens with zero attached hydrogens (tertiary/aromatic N) is 2. The molecule has 154 valence electrons. The van der Waals surface area contributed by atoms with E-state index in [1.807, 2.05) is 24.3 Å². The van der Waals surface area contributed by atoms with E-state index in [4.69, 9.17) is 16.3 Å². The third kappa shape index (κ3) is 7.03. The van der Waals surface area contributed by atoms with Gasteiger partial charge < -0.3 is 15.4 Å². The van der Waals surface area contributed by atoms with E-state index >= 15 is 0 Å². The number of hydrogen-bond acceptors (Lipinski definition) is 4. The molecule has 29 heavy (non-hydrogen) atoms. The van der Waals surface area contributed by atoms with Gasteiger partial charge in [-0.05, 0) is 36.1 Å². The number of nitro benzene ring substituents is 1. The lowest BCUT2D eigenvalue weighted by Gasteiger charge is -2.15. The van der Waals surface area contributed by atoms with Gasteiger partial charge in [-0.25, -0.2) is 4.99 Å². The van der Waals surface area contributed by atoms with E-state index in [2.05, 4.69) is 15.6 Å². The molecule has 1 saturated heterocycles. The summed E-state index contributed by atoms with van der Waals surface area (Å²) in [7, 11) is 0. The van der Waals surface area contributed by atoms with Gasteiger partial charge in [0.25, 0.3) is 5.69 Å². The Bertz CT molecular complexity index is 836. The lowest BCUT2D eigenvalue weighted by Crippen LogP contribution is -2.41. The van der Waals surface area contributed by atoms with E-state index in [0.29, 0.717) is 19.0 Å². The number of rotatable bonds is 8. The molecular weight excluding hydrogens is 392 g/mol. The summed E-state index contributed by atoms with van der Waals surface area (Å²) in [5.41, 5.74) is 2.15. The number of ether oxygens (including phenoxy) is 1. The van der Waals surface area contributed by atoms with E-state index in [1.54, 1.807) is 12.1 Å². The molecule has 2 aromatic carbocycles. The molecule has 1 fully saturated rings. The molecular formula is C21H25ClN4O3. The van der Waals surface area contributed by atoms with Gasteiger partial charge in [-0.2, -0.15) is 0 Å². The van der Waals surface area contributed by atoms with Crippen LogP contribution in [-0.4, -0.2) is 37.2 Å². The lowest BCUT2D eigenvalue weighted by molar-refractivity contribution is -0.384. The number of halogens is 1. The van der Waals surface area contributed by atoms with E-state index in [0.717, 1.165) is 54.7 Å². The molecule has 7 nitrogen and oxygen atoms in total. The van der Waals surface area contributed by atoms with E-state index in [1.165, 1.54) is 12.1 Å². The van der Waals surface area contributed by atoms with Crippen LogP contribution < -0.4 is 10.6 Å². The maximum Gasteiger partial charge on any atom is 0.269 e. The van der Waals surface area contributed by atoms with Crippen LogP contribution in [0.2, 0.25) is 5.02 Å². The fourth-order valence-corrected chi connectivity index (χ4v) is 3.28. The standard InChI is InChI=1S/C21H25ClN4O3/c22-19-3-1-2-16(12-19)8-10-23-21(25-14-18-9-11-29-15-18)24-13-17-4-6-20(7-5-17)26(27)28/h1-7,12,18H,8-11,13-15H2,(H2,23,24,25). The van der Waals surface area contributed by atoms with Crippen molar-refractivity contribution in [1.29, 1.82) is 0 Å². The van der Waals surface area contributed by atoms with Gasteiger partial charge in [0, 0.05) is 42.8 Å². The molecule has 8 heteroatoms. The third-order valence-corrected chi connectivity index (χ3v) is 4.98. The maximum absolute atomic E-state index is 10.8. The van der Waals surface area contributed by atoms with Gasteiger partial charge in [0.1, 0.15) is 0 Å². The van der Waals surface area contributed by atoms with Crippen molar-refractivity contribution in [3.05, 3.63) is 74.8 Å². The molecule has 0 aromatic heterocycles. The van der Waals surface area contributed by atoms with Crippen molar-refractivity contribution < 1.29 is 9.66 Å². The van der Waals surface area contributed by atoms with Crippen molar-refractivity contribution in [1.82, 2.24) is 10.6 Å². The summed E-state index contributed by atoms with van der Waals surface area (Å²) in [6.07, 6.45) is 1.87. The number of nitro groups is 1. The highest BCUT2D eigenvalue weighted by molar-refractivity contribution is 6.30. The molecule has 2 N–H and O–H groups in total. The van der Waals surface area contributed by atoms with Gasteiger partial charge in [0.2, 0.25) is 0 Å². The first-order valence-corrected chi connectivity index (χ1v) is 10.1. The number of non-ortho nitro benzene ring substituents is 1. The largest absolute Gasteiger partial charge is 0.381 e. The minimum Gasteiger partial charge on any atom is -0.381 e. The van der Waals surface area contributed by atoms with E-state index in [9.17, 15) is 10.1 Å². The molecule has 1 aliphatic heterocycles. The molecule has 0 amide bonds. The molecule has 3 rings (SSSR count). The second kappa shape index (κ2) is 10.8. The summed E-state index contributed by atoms with van der Waals surface area (Å²) >= 11 is 6.05. The minimum atomic E-state index is -0.402. The van der Waals surface area contributed by atoms with Crippen LogP contribution in [0, 0.1) is 16.0 Å². The Morgan fingerprint density at radius 3 is 2.72 bits per heavy atom. The van der Waals surface area contributed by atoms with Gasteiger partial charge in [-0.3, -0.25) is 10.1 Å². The highest BCUT2D eigenvalue weighted by Crippen LogP contribution is 2.13. The summed E-state index contributed by atoms with van der Waals surface area (Å²) in [5, 5.41) is 18.3.